The van der Waals surface area contributed by atoms with Gasteiger partial charge >= 0.3 is 11.9 Å². The van der Waals surface area contributed by atoms with E-state index in [9.17, 15) is 9.59 Å². The van der Waals surface area contributed by atoms with Gasteiger partial charge in [0.05, 0.1) is 27.0 Å². The van der Waals surface area contributed by atoms with Gasteiger partial charge in [-0.15, -0.1) is 0 Å². The van der Waals surface area contributed by atoms with Crippen LogP contribution in [0, 0.1) is 0 Å². The van der Waals surface area contributed by atoms with Gasteiger partial charge in [0.25, 0.3) is 0 Å². The van der Waals surface area contributed by atoms with Crippen LogP contribution in [0.25, 0.3) is 16.9 Å². The lowest BCUT2D eigenvalue weighted by Crippen LogP contribution is -2.15. The van der Waals surface area contributed by atoms with E-state index in [1.165, 1.54) is 18.9 Å². The highest BCUT2D eigenvalue weighted by Crippen LogP contribution is 2.37. The number of carbonyl (C=O) groups is 2. The summed E-state index contributed by atoms with van der Waals surface area (Å²) < 4.78 is 22.7. The molecule has 1 heterocycles. The van der Waals surface area contributed by atoms with Gasteiger partial charge in [0.15, 0.2) is 5.69 Å². The van der Waals surface area contributed by atoms with Crippen LogP contribution in [0.3, 0.4) is 0 Å². The summed E-state index contributed by atoms with van der Waals surface area (Å²) in [6.45, 7) is 0. The minimum atomic E-state index is -0.725. The lowest BCUT2D eigenvalue weighted by Gasteiger charge is -2.11. The summed E-state index contributed by atoms with van der Waals surface area (Å²) >= 11 is 0. The molecule has 34 heavy (non-hydrogen) atoms. The van der Waals surface area contributed by atoms with Crippen LogP contribution in [-0.2, 0) is 9.47 Å². The molecule has 0 N–H and O–H groups in total. The minimum Gasteiger partial charge on any atom is -0.497 e. The summed E-state index contributed by atoms with van der Waals surface area (Å²) in [6, 6.07) is 23.1. The number of methoxy groups -OCH3 is 3. The first-order chi connectivity index (χ1) is 16.6. The zero-order valence-corrected chi connectivity index (χ0v) is 18.8. The molecule has 0 unspecified atom stereocenters. The van der Waals surface area contributed by atoms with Crippen molar-refractivity contribution < 1.29 is 28.5 Å². The van der Waals surface area contributed by atoms with Crippen LogP contribution in [0.4, 0.5) is 0 Å². The van der Waals surface area contributed by atoms with E-state index < -0.39 is 11.9 Å². The van der Waals surface area contributed by atoms with E-state index in [-0.39, 0.29) is 17.0 Å². The van der Waals surface area contributed by atoms with Crippen molar-refractivity contribution >= 4 is 11.9 Å². The Morgan fingerprint density at radius 3 is 2.00 bits per heavy atom. The van der Waals surface area contributed by atoms with Crippen LogP contribution in [0.1, 0.15) is 20.8 Å². The average Bonchev–Trinajstić information content (AvgIpc) is 3.29. The van der Waals surface area contributed by atoms with Gasteiger partial charge in [-0.05, 0) is 48.5 Å². The molecular weight excluding hydrogens is 436 g/mol. The number of aromatic nitrogens is 2. The van der Waals surface area contributed by atoms with Gasteiger partial charge in [-0.1, -0.05) is 30.3 Å². The summed E-state index contributed by atoms with van der Waals surface area (Å²) in [4.78, 5) is 25.7. The maximum atomic E-state index is 12.9. The van der Waals surface area contributed by atoms with Crippen molar-refractivity contribution in [2.45, 2.75) is 0 Å². The van der Waals surface area contributed by atoms with Gasteiger partial charge in [0, 0.05) is 5.56 Å². The Morgan fingerprint density at radius 2 is 1.35 bits per heavy atom. The summed E-state index contributed by atoms with van der Waals surface area (Å²) in [6.07, 6.45) is 0. The molecule has 172 valence electrons. The van der Waals surface area contributed by atoms with Gasteiger partial charge in [-0.25, -0.2) is 14.3 Å². The first kappa shape index (κ1) is 22.6. The quantitative estimate of drug-likeness (QED) is 0.364. The zero-order valence-electron chi connectivity index (χ0n) is 18.8. The molecule has 0 atom stereocenters. The van der Waals surface area contributed by atoms with E-state index in [1.54, 1.807) is 79.9 Å². The summed E-state index contributed by atoms with van der Waals surface area (Å²) in [5.41, 5.74) is 1.23. The molecule has 0 aliphatic rings. The van der Waals surface area contributed by atoms with Crippen molar-refractivity contribution in [3.8, 4) is 34.2 Å². The minimum absolute atomic E-state index is 0.0241. The maximum absolute atomic E-state index is 12.9. The fourth-order valence-electron chi connectivity index (χ4n) is 3.47. The Hall–Kier alpha value is -4.59. The number of ether oxygens (including phenoxy) is 4. The molecule has 1 aromatic heterocycles. The molecule has 0 radical (unpaired) electrons. The van der Waals surface area contributed by atoms with Crippen molar-refractivity contribution in [2.75, 3.05) is 21.3 Å². The van der Waals surface area contributed by atoms with Crippen molar-refractivity contribution in [2.24, 2.45) is 0 Å². The molecule has 0 saturated carbocycles. The molecule has 3 aromatic carbocycles. The normalized spacial score (nSPS) is 10.4. The van der Waals surface area contributed by atoms with Gasteiger partial charge in [-0.3, -0.25) is 0 Å². The lowest BCUT2D eigenvalue weighted by atomic mass is 10.0. The second kappa shape index (κ2) is 9.91. The van der Waals surface area contributed by atoms with Gasteiger partial charge < -0.3 is 18.9 Å². The van der Waals surface area contributed by atoms with E-state index in [4.69, 9.17) is 18.9 Å². The molecule has 8 nitrogen and oxygen atoms in total. The molecule has 4 rings (SSSR count). The summed E-state index contributed by atoms with van der Waals surface area (Å²) in [5.74, 6) is 0.238. The Bertz CT molecular complexity index is 1310. The molecule has 0 fully saturated rings. The molecule has 0 spiro atoms. The Labute approximate surface area is 196 Å². The lowest BCUT2D eigenvalue weighted by molar-refractivity contribution is 0.0549. The predicted octanol–water partition coefficient (Wildman–Crippen LogP) is 4.91. The van der Waals surface area contributed by atoms with Gasteiger partial charge in [0.1, 0.15) is 28.5 Å². The van der Waals surface area contributed by atoms with E-state index in [0.29, 0.717) is 28.5 Å². The highest BCUT2D eigenvalue weighted by Gasteiger charge is 2.32. The number of hydrogen-bond donors (Lipinski definition) is 0. The second-order valence-corrected chi connectivity index (χ2v) is 7.08. The SMILES string of the molecule is COC(=O)c1c(-c2ccccc2Oc2ccc(OC)cc2)nn(-c2ccccc2)c1C(=O)OC. The first-order valence-electron chi connectivity index (χ1n) is 10.3. The molecule has 0 bridgehead atoms. The van der Waals surface area contributed by atoms with E-state index in [2.05, 4.69) is 5.10 Å². The van der Waals surface area contributed by atoms with Crippen LogP contribution in [-0.4, -0.2) is 43.0 Å². The smallest absolute Gasteiger partial charge is 0.357 e. The molecule has 0 saturated heterocycles. The van der Waals surface area contributed by atoms with E-state index in [0.717, 1.165) is 0 Å². The summed E-state index contributed by atoms with van der Waals surface area (Å²) in [5, 5.41) is 4.63. The van der Waals surface area contributed by atoms with Gasteiger partial charge in [-0.2, -0.15) is 5.10 Å². The molecule has 4 aromatic rings. The summed E-state index contributed by atoms with van der Waals surface area (Å²) in [7, 11) is 4.07. The third-order valence-electron chi connectivity index (χ3n) is 5.08. The third-order valence-corrected chi connectivity index (χ3v) is 5.08. The average molecular weight is 458 g/mol. The van der Waals surface area contributed by atoms with Crippen LogP contribution in [0.2, 0.25) is 0 Å². The first-order valence-corrected chi connectivity index (χ1v) is 10.3. The number of benzene rings is 3. The van der Waals surface area contributed by atoms with Gasteiger partial charge in [0.2, 0.25) is 0 Å². The number of hydrogen-bond acceptors (Lipinski definition) is 7. The van der Waals surface area contributed by atoms with Crippen molar-refractivity contribution in [1.82, 2.24) is 9.78 Å². The Kier molecular flexibility index (Phi) is 6.59. The molecule has 8 heteroatoms. The third kappa shape index (κ3) is 4.33. The number of nitrogens with zero attached hydrogens (tertiary/aromatic N) is 2. The Morgan fingerprint density at radius 1 is 0.735 bits per heavy atom. The predicted molar refractivity (Wildman–Crippen MR) is 125 cm³/mol. The number of esters is 2. The number of rotatable bonds is 7. The molecule has 0 amide bonds. The standard InChI is InChI=1S/C26H22N2O6/c1-31-18-13-15-19(16-14-18)34-21-12-8-7-11-20(21)23-22(25(29)32-2)24(26(30)33-3)28(27-23)17-9-5-4-6-10-17/h4-16H,1-3H3. The van der Waals surface area contributed by atoms with Crippen molar-refractivity contribution in [3.63, 3.8) is 0 Å². The molecule has 0 aliphatic heterocycles. The van der Waals surface area contributed by atoms with E-state index in [1.807, 2.05) is 6.07 Å². The molecular formula is C26H22N2O6. The number of carbonyl (C=O) groups excluding carboxylic acids is 2. The van der Waals surface area contributed by atoms with Crippen LogP contribution in [0.15, 0.2) is 78.9 Å². The van der Waals surface area contributed by atoms with Crippen LogP contribution >= 0.6 is 0 Å². The monoisotopic (exact) mass is 458 g/mol. The zero-order chi connectivity index (χ0) is 24.1. The fourth-order valence-corrected chi connectivity index (χ4v) is 3.47. The molecule has 0 aliphatic carbocycles. The fraction of sp³-hybridized carbons (Fsp3) is 0.115. The van der Waals surface area contributed by atoms with Crippen LogP contribution in [0.5, 0.6) is 17.2 Å². The topological polar surface area (TPSA) is 88.9 Å². The highest BCUT2D eigenvalue weighted by atomic mass is 16.5. The highest BCUT2D eigenvalue weighted by molar-refractivity contribution is 6.07. The maximum Gasteiger partial charge on any atom is 0.357 e. The van der Waals surface area contributed by atoms with E-state index >= 15 is 0 Å². The van der Waals surface area contributed by atoms with Crippen molar-refractivity contribution in [1.29, 1.82) is 0 Å². The van der Waals surface area contributed by atoms with Crippen molar-refractivity contribution in [3.05, 3.63) is 90.1 Å². The largest absolute Gasteiger partial charge is 0.497 e. The Balaban J connectivity index is 1.92. The second-order valence-electron chi connectivity index (χ2n) is 7.08. The number of para-hydroxylation sites is 2. The van der Waals surface area contributed by atoms with Crippen LogP contribution < -0.4 is 9.47 Å².